The Bertz CT molecular complexity index is 736. The van der Waals surface area contributed by atoms with Crippen LogP contribution in [0.2, 0.25) is 0 Å². The number of rotatable bonds is 4. The molecule has 21 heavy (non-hydrogen) atoms. The first kappa shape index (κ1) is 14.6. The number of fused-ring (bicyclic) bond motifs is 3. The summed E-state index contributed by atoms with van der Waals surface area (Å²) in [6.45, 7) is 2.07. The highest BCUT2D eigenvalue weighted by Crippen LogP contribution is 2.34. The van der Waals surface area contributed by atoms with Gasteiger partial charge in [-0.1, -0.05) is 11.8 Å². The number of amides is 1. The van der Waals surface area contributed by atoms with Crippen LogP contribution in [0.4, 0.5) is 0 Å². The summed E-state index contributed by atoms with van der Waals surface area (Å²) < 4.78 is 0. The third kappa shape index (κ3) is 3.13. The van der Waals surface area contributed by atoms with E-state index in [-0.39, 0.29) is 11.5 Å². The van der Waals surface area contributed by atoms with E-state index in [1.807, 2.05) is 0 Å². The highest BCUT2D eigenvalue weighted by atomic mass is 32.2. The van der Waals surface area contributed by atoms with Gasteiger partial charge in [0, 0.05) is 24.1 Å². The zero-order valence-corrected chi connectivity index (χ0v) is 13.5. The van der Waals surface area contributed by atoms with Crippen LogP contribution >= 0.6 is 23.1 Å². The van der Waals surface area contributed by atoms with Crippen molar-refractivity contribution >= 4 is 39.2 Å². The zero-order valence-electron chi connectivity index (χ0n) is 11.8. The molecule has 0 aromatic carbocycles. The molecule has 0 spiro atoms. The normalized spacial score (nSPS) is 14.1. The molecule has 3 rings (SSSR count). The Labute approximate surface area is 130 Å². The maximum Gasteiger partial charge on any atom is 0.260 e. The van der Waals surface area contributed by atoms with Gasteiger partial charge in [-0.3, -0.25) is 9.59 Å². The van der Waals surface area contributed by atoms with Gasteiger partial charge in [0.2, 0.25) is 5.91 Å². The molecule has 1 aliphatic rings. The molecule has 2 aromatic rings. The number of H-pyrrole nitrogens is 1. The lowest BCUT2D eigenvalue weighted by molar-refractivity contribution is -0.118. The van der Waals surface area contributed by atoms with Gasteiger partial charge in [-0.15, -0.1) is 11.3 Å². The summed E-state index contributed by atoms with van der Waals surface area (Å²) in [4.78, 5) is 32.7. The Hall–Kier alpha value is -1.34. The largest absolute Gasteiger partial charge is 0.356 e. The number of carbonyl (C=O) groups is 1. The van der Waals surface area contributed by atoms with Gasteiger partial charge in [0.05, 0.1) is 5.39 Å². The summed E-state index contributed by atoms with van der Waals surface area (Å²) in [7, 11) is 0. The van der Waals surface area contributed by atoms with Crippen molar-refractivity contribution in [1.82, 2.24) is 15.3 Å². The van der Waals surface area contributed by atoms with Crippen molar-refractivity contribution in [3.8, 4) is 0 Å². The fourth-order valence-electron chi connectivity index (χ4n) is 2.59. The average molecular weight is 323 g/mol. The molecule has 0 bridgehead atoms. The minimum Gasteiger partial charge on any atom is -0.356 e. The number of aromatic amines is 1. The van der Waals surface area contributed by atoms with Gasteiger partial charge in [-0.2, -0.15) is 0 Å². The lowest BCUT2D eigenvalue weighted by Gasteiger charge is -2.09. The summed E-state index contributed by atoms with van der Waals surface area (Å²) in [5, 5.41) is 4.16. The van der Waals surface area contributed by atoms with Crippen molar-refractivity contribution in [3.63, 3.8) is 0 Å². The Morgan fingerprint density at radius 2 is 2.24 bits per heavy atom. The van der Waals surface area contributed by atoms with Crippen LogP contribution in [-0.2, 0) is 17.6 Å². The van der Waals surface area contributed by atoms with E-state index in [9.17, 15) is 9.59 Å². The van der Waals surface area contributed by atoms with Crippen molar-refractivity contribution in [2.45, 2.75) is 37.8 Å². The number of carbonyl (C=O) groups excluding carboxylic acids is 1. The van der Waals surface area contributed by atoms with Crippen molar-refractivity contribution in [3.05, 3.63) is 20.8 Å². The fourth-order valence-corrected chi connectivity index (χ4v) is 4.63. The van der Waals surface area contributed by atoms with E-state index in [0.29, 0.717) is 17.5 Å². The summed E-state index contributed by atoms with van der Waals surface area (Å²) in [6, 6.07) is 0. The molecule has 0 atom stereocenters. The summed E-state index contributed by atoms with van der Waals surface area (Å²) in [6.07, 6.45) is 4.43. The predicted molar refractivity (Wildman–Crippen MR) is 86.3 cm³/mol. The highest BCUT2D eigenvalue weighted by Gasteiger charge is 2.19. The minimum atomic E-state index is -0.0431. The summed E-state index contributed by atoms with van der Waals surface area (Å²) in [5.74, 6) is 0.650. The number of hydrogen-bond acceptors (Lipinski definition) is 5. The van der Waals surface area contributed by atoms with E-state index in [2.05, 4.69) is 15.3 Å². The van der Waals surface area contributed by atoms with E-state index >= 15 is 0 Å². The molecule has 0 saturated carbocycles. The van der Waals surface area contributed by atoms with Crippen molar-refractivity contribution in [2.75, 3.05) is 12.3 Å². The van der Waals surface area contributed by atoms with Gasteiger partial charge in [0.1, 0.15) is 4.83 Å². The number of thiophene rings is 1. The molecular formula is C14H17N3O2S2. The van der Waals surface area contributed by atoms with Gasteiger partial charge in [-0.25, -0.2) is 4.98 Å². The molecule has 1 amide bonds. The van der Waals surface area contributed by atoms with Crippen LogP contribution in [0.5, 0.6) is 0 Å². The van der Waals surface area contributed by atoms with Crippen molar-refractivity contribution in [1.29, 1.82) is 0 Å². The molecule has 7 heteroatoms. The monoisotopic (exact) mass is 323 g/mol. The Morgan fingerprint density at radius 1 is 1.43 bits per heavy atom. The molecule has 2 heterocycles. The first-order valence-electron chi connectivity index (χ1n) is 7.07. The fraction of sp³-hybridized carbons (Fsp3) is 0.500. The first-order chi connectivity index (χ1) is 10.1. The minimum absolute atomic E-state index is 0.0265. The van der Waals surface area contributed by atoms with Gasteiger partial charge in [-0.05, 0) is 31.2 Å². The molecule has 0 unspecified atom stereocenters. The van der Waals surface area contributed by atoms with Crippen LogP contribution in [-0.4, -0.2) is 28.2 Å². The third-order valence-electron chi connectivity index (χ3n) is 3.52. The Kier molecular flexibility index (Phi) is 4.30. The smallest absolute Gasteiger partial charge is 0.260 e. The number of hydrogen-bond donors (Lipinski definition) is 2. The molecule has 0 aliphatic heterocycles. The lowest BCUT2D eigenvalue weighted by Crippen LogP contribution is -2.22. The zero-order chi connectivity index (χ0) is 14.8. The lowest BCUT2D eigenvalue weighted by atomic mass is 9.97. The Morgan fingerprint density at radius 3 is 3.05 bits per heavy atom. The van der Waals surface area contributed by atoms with Crippen LogP contribution in [0.3, 0.4) is 0 Å². The number of aromatic nitrogens is 2. The molecule has 5 nitrogen and oxygen atoms in total. The number of thioether (sulfide) groups is 1. The quantitative estimate of drug-likeness (QED) is 0.513. The van der Waals surface area contributed by atoms with Crippen LogP contribution in [0, 0.1) is 0 Å². The van der Waals surface area contributed by atoms with E-state index in [1.165, 1.54) is 35.5 Å². The number of aryl methyl sites for hydroxylation is 2. The number of nitrogens with zero attached hydrogens (tertiary/aromatic N) is 1. The first-order valence-corrected chi connectivity index (χ1v) is 8.87. The SMILES string of the molecule is CC(=O)NCCSc1nc2sc3c(c2c(=O)[nH]1)CCCC3. The van der Waals surface area contributed by atoms with E-state index in [4.69, 9.17) is 0 Å². The number of nitrogens with one attached hydrogen (secondary N) is 2. The van der Waals surface area contributed by atoms with E-state index in [0.717, 1.165) is 29.5 Å². The third-order valence-corrected chi connectivity index (χ3v) is 5.58. The molecular weight excluding hydrogens is 306 g/mol. The van der Waals surface area contributed by atoms with Gasteiger partial charge < -0.3 is 10.3 Å². The molecule has 0 radical (unpaired) electrons. The standard InChI is InChI=1S/C14H17N3O2S2/c1-8(18)15-6-7-20-14-16-12(19)11-9-4-2-3-5-10(9)21-13(11)17-14/h2-7H2,1H3,(H,15,18)(H,16,17,19). The molecule has 2 N–H and O–H groups in total. The maximum absolute atomic E-state index is 12.3. The second kappa shape index (κ2) is 6.19. The van der Waals surface area contributed by atoms with Crippen LogP contribution < -0.4 is 10.9 Å². The summed E-state index contributed by atoms with van der Waals surface area (Å²) >= 11 is 3.12. The van der Waals surface area contributed by atoms with Crippen LogP contribution in [0.1, 0.15) is 30.2 Å². The maximum atomic E-state index is 12.3. The topological polar surface area (TPSA) is 74.8 Å². The van der Waals surface area contributed by atoms with Crippen LogP contribution in [0.25, 0.3) is 10.2 Å². The van der Waals surface area contributed by atoms with Crippen molar-refractivity contribution < 1.29 is 4.79 Å². The molecule has 0 saturated heterocycles. The molecule has 0 fully saturated rings. The average Bonchev–Trinajstić information content (AvgIpc) is 2.82. The Balaban J connectivity index is 1.82. The van der Waals surface area contributed by atoms with Gasteiger partial charge >= 0.3 is 0 Å². The second-order valence-electron chi connectivity index (χ2n) is 5.09. The molecule has 2 aromatic heterocycles. The predicted octanol–water partition coefficient (Wildman–Crippen LogP) is 2.09. The molecule has 112 valence electrons. The van der Waals surface area contributed by atoms with Gasteiger partial charge in [0.25, 0.3) is 5.56 Å². The van der Waals surface area contributed by atoms with E-state index in [1.54, 1.807) is 11.3 Å². The van der Waals surface area contributed by atoms with Crippen LogP contribution in [0.15, 0.2) is 9.95 Å². The van der Waals surface area contributed by atoms with Gasteiger partial charge in [0.15, 0.2) is 5.16 Å². The van der Waals surface area contributed by atoms with E-state index < -0.39 is 0 Å². The molecule has 1 aliphatic carbocycles. The highest BCUT2D eigenvalue weighted by molar-refractivity contribution is 7.99. The van der Waals surface area contributed by atoms with Crippen molar-refractivity contribution in [2.24, 2.45) is 0 Å². The summed E-state index contributed by atoms with van der Waals surface area (Å²) in [5.41, 5.74) is 1.19. The second-order valence-corrected chi connectivity index (χ2v) is 7.26.